The third-order valence-corrected chi connectivity index (χ3v) is 5.77. The van der Waals surface area contributed by atoms with Crippen molar-refractivity contribution in [3.8, 4) is 11.5 Å². The smallest absolute Gasteiger partial charge is 0.291 e. The first kappa shape index (κ1) is 22.7. The monoisotopic (exact) mass is 464 g/mol. The van der Waals surface area contributed by atoms with Gasteiger partial charge in [-0.1, -0.05) is 23.2 Å². The van der Waals surface area contributed by atoms with Gasteiger partial charge in [-0.3, -0.25) is 20.2 Å². The summed E-state index contributed by atoms with van der Waals surface area (Å²) in [5.41, 5.74) is -0.699. The van der Waals surface area contributed by atoms with E-state index in [1.54, 1.807) is 0 Å². The molecule has 13 heteroatoms. The summed E-state index contributed by atoms with van der Waals surface area (Å²) in [5, 5.41) is 21.5. The first-order valence-electron chi connectivity index (χ1n) is 7.93. The van der Waals surface area contributed by atoms with Gasteiger partial charge in [-0.25, -0.2) is 8.42 Å². The van der Waals surface area contributed by atoms with Crippen molar-refractivity contribution in [2.45, 2.75) is 0 Å². The molecule has 10 nitrogen and oxygen atoms in total. The molecule has 29 heavy (non-hydrogen) atoms. The highest BCUT2D eigenvalue weighted by atomic mass is 35.5. The zero-order chi connectivity index (χ0) is 21.6. The standard InChI is InChI=1S/C16H14Cl2N2O8S/c17-13-3-1-11(9-15(13)19(21)22)27-5-7-29(25,26)8-6-28-12-2-4-14(18)16(10-12)20(23)24/h1-4,9-10H,5-8H2. The van der Waals surface area contributed by atoms with Gasteiger partial charge in [0.2, 0.25) is 0 Å². The minimum Gasteiger partial charge on any atom is -0.492 e. The lowest BCUT2D eigenvalue weighted by atomic mass is 10.3. The molecule has 0 aliphatic carbocycles. The number of nitro benzene ring substituents is 2. The molecule has 0 unspecified atom stereocenters. The molecule has 0 aromatic heterocycles. The number of benzene rings is 2. The van der Waals surface area contributed by atoms with Gasteiger partial charge in [0, 0.05) is 0 Å². The Bertz CT molecular complexity index is 954. The molecule has 0 fully saturated rings. The first-order chi connectivity index (χ1) is 13.6. The second-order valence-electron chi connectivity index (χ2n) is 5.59. The van der Waals surface area contributed by atoms with E-state index in [1.807, 2.05) is 0 Å². The summed E-state index contributed by atoms with van der Waals surface area (Å²) in [7, 11) is -3.56. The SMILES string of the molecule is O=[N+]([O-])c1cc(OCCS(=O)(=O)CCOc2ccc(Cl)c([N+](=O)[O-])c2)ccc1Cl. The van der Waals surface area contributed by atoms with Gasteiger partial charge in [-0.2, -0.15) is 0 Å². The topological polar surface area (TPSA) is 139 Å². The minimum atomic E-state index is -3.56. The van der Waals surface area contributed by atoms with E-state index >= 15 is 0 Å². The first-order valence-corrected chi connectivity index (χ1v) is 10.5. The summed E-state index contributed by atoms with van der Waals surface area (Å²) in [6, 6.07) is 7.54. The maximum Gasteiger partial charge on any atom is 0.291 e. The van der Waals surface area contributed by atoms with Crippen molar-refractivity contribution in [2.24, 2.45) is 0 Å². The van der Waals surface area contributed by atoms with Gasteiger partial charge in [-0.05, 0) is 24.3 Å². The average molecular weight is 465 g/mol. The lowest BCUT2D eigenvalue weighted by molar-refractivity contribution is -0.384. The van der Waals surface area contributed by atoms with Crippen LogP contribution in [0.5, 0.6) is 11.5 Å². The highest BCUT2D eigenvalue weighted by Crippen LogP contribution is 2.29. The Labute approximate surface area is 175 Å². The van der Waals surface area contributed by atoms with Gasteiger partial charge in [0.05, 0.1) is 33.5 Å². The predicted molar refractivity (Wildman–Crippen MR) is 106 cm³/mol. The van der Waals surface area contributed by atoms with Crippen LogP contribution in [-0.4, -0.2) is 43.0 Å². The van der Waals surface area contributed by atoms with E-state index in [1.165, 1.54) is 24.3 Å². The Balaban J connectivity index is 1.85. The van der Waals surface area contributed by atoms with E-state index in [2.05, 4.69) is 0 Å². The van der Waals surface area contributed by atoms with Crippen LogP contribution in [0.4, 0.5) is 11.4 Å². The molecule has 0 spiro atoms. The van der Waals surface area contributed by atoms with Crippen molar-refractivity contribution in [1.82, 2.24) is 0 Å². The van der Waals surface area contributed by atoms with Crippen LogP contribution in [-0.2, 0) is 9.84 Å². The average Bonchev–Trinajstić information content (AvgIpc) is 2.63. The Kier molecular flexibility index (Phi) is 7.59. The molecule has 0 N–H and O–H groups in total. The fourth-order valence-electron chi connectivity index (χ4n) is 2.12. The van der Waals surface area contributed by atoms with Gasteiger partial charge in [-0.15, -0.1) is 0 Å². The Morgan fingerprint density at radius 1 is 0.793 bits per heavy atom. The molecule has 2 aromatic carbocycles. The molecule has 0 saturated carbocycles. The van der Waals surface area contributed by atoms with Gasteiger partial charge in [0.15, 0.2) is 9.84 Å². The van der Waals surface area contributed by atoms with Crippen LogP contribution >= 0.6 is 23.2 Å². The molecule has 0 amide bonds. The molecule has 0 aliphatic rings. The summed E-state index contributed by atoms with van der Waals surface area (Å²) in [5.74, 6) is -0.483. The second-order valence-corrected chi connectivity index (χ2v) is 8.71. The third kappa shape index (κ3) is 6.73. The maximum atomic E-state index is 12.1. The molecule has 0 bridgehead atoms. The number of hydrogen-bond donors (Lipinski definition) is 0. The Morgan fingerprint density at radius 3 is 1.52 bits per heavy atom. The number of nitro groups is 2. The summed E-state index contributed by atoms with van der Waals surface area (Å²) < 4.78 is 34.6. The molecule has 0 atom stereocenters. The molecule has 2 aromatic rings. The van der Waals surface area contributed by atoms with Crippen molar-refractivity contribution in [2.75, 3.05) is 24.7 Å². The lowest BCUT2D eigenvalue weighted by Crippen LogP contribution is -2.21. The minimum absolute atomic E-state index is 0.0606. The molecular weight excluding hydrogens is 451 g/mol. The van der Waals surface area contributed by atoms with Crippen molar-refractivity contribution in [1.29, 1.82) is 0 Å². The van der Waals surface area contributed by atoms with E-state index in [9.17, 15) is 28.6 Å². The second kappa shape index (κ2) is 9.72. The highest BCUT2D eigenvalue weighted by molar-refractivity contribution is 7.91. The van der Waals surface area contributed by atoms with Crippen LogP contribution in [0.15, 0.2) is 36.4 Å². The molecule has 2 rings (SSSR count). The van der Waals surface area contributed by atoms with Crippen LogP contribution in [0, 0.1) is 20.2 Å². The zero-order valence-electron chi connectivity index (χ0n) is 14.6. The molecule has 0 radical (unpaired) electrons. The fourth-order valence-corrected chi connectivity index (χ4v) is 3.37. The summed E-state index contributed by atoms with van der Waals surface area (Å²) in [6.07, 6.45) is 0. The molecule has 0 saturated heterocycles. The fraction of sp³-hybridized carbons (Fsp3) is 0.250. The van der Waals surface area contributed by atoms with Gasteiger partial charge in [0.25, 0.3) is 11.4 Å². The number of sulfone groups is 1. The summed E-state index contributed by atoms with van der Waals surface area (Å²) in [4.78, 5) is 20.3. The zero-order valence-corrected chi connectivity index (χ0v) is 16.9. The van der Waals surface area contributed by atoms with Gasteiger partial charge < -0.3 is 9.47 Å². The number of nitrogens with zero attached hydrogens (tertiary/aromatic N) is 2. The van der Waals surface area contributed by atoms with Crippen molar-refractivity contribution >= 4 is 44.4 Å². The predicted octanol–water partition coefficient (Wildman–Crippen LogP) is 3.68. The van der Waals surface area contributed by atoms with E-state index in [0.29, 0.717) is 0 Å². The number of rotatable bonds is 10. The molecular formula is C16H14Cl2N2O8S. The summed E-state index contributed by atoms with van der Waals surface area (Å²) >= 11 is 11.4. The number of hydrogen-bond acceptors (Lipinski definition) is 8. The number of ether oxygens (including phenoxy) is 2. The van der Waals surface area contributed by atoms with E-state index in [-0.39, 0.29) is 57.6 Å². The summed E-state index contributed by atoms with van der Waals surface area (Å²) in [6.45, 7) is -0.457. The van der Waals surface area contributed by atoms with Gasteiger partial charge >= 0.3 is 0 Å². The van der Waals surface area contributed by atoms with Crippen LogP contribution in [0.25, 0.3) is 0 Å². The van der Waals surface area contributed by atoms with E-state index in [0.717, 1.165) is 12.1 Å². The molecule has 156 valence electrons. The van der Waals surface area contributed by atoms with Crippen LogP contribution < -0.4 is 9.47 Å². The van der Waals surface area contributed by atoms with Crippen LogP contribution in [0.2, 0.25) is 10.0 Å². The quantitative estimate of drug-likeness (QED) is 0.383. The number of halogens is 2. The van der Waals surface area contributed by atoms with Crippen molar-refractivity contribution in [3.63, 3.8) is 0 Å². The van der Waals surface area contributed by atoms with Gasteiger partial charge in [0.1, 0.15) is 34.8 Å². The largest absolute Gasteiger partial charge is 0.492 e. The maximum absolute atomic E-state index is 12.1. The van der Waals surface area contributed by atoms with Crippen molar-refractivity contribution in [3.05, 3.63) is 66.7 Å². The molecule has 0 heterocycles. The Hall–Kier alpha value is -2.63. The highest BCUT2D eigenvalue weighted by Gasteiger charge is 2.16. The van der Waals surface area contributed by atoms with E-state index in [4.69, 9.17) is 32.7 Å². The van der Waals surface area contributed by atoms with Crippen molar-refractivity contribution < 1.29 is 27.7 Å². The third-order valence-electron chi connectivity index (χ3n) is 3.55. The lowest BCUT2D eigenvalue weighted by Gasteiger charge is -2.09. The normalized spacial score (nSPS) is 11.1. The van der Waals surface area contributed by atoms with Crippen LogP contribution in [0.1, 0.15) is 0 Å². The molecule has 0 aliphatic heterocycles. The van der Waals surface area contributed by atoms with E-state index < -0.39 is 19.7 Å². The Morgan fingerprint density at radius 2 is 1.17 bits per heavy atom. The van der Waals surface area contributed by atoms with Crippen LogP contribution in [0.3, 0.4) is 0 Å².